The van der Waals surface area contributed by atoms with E-state index >= 15 is 0 Å². The first-order valence-electron chi connectivity index (χ1n) is 15.8. The number of aliphatic hydroxyl groups is 2. The molecule has 3 unspecified atom stereocenters. The quantitative estimate of drug-likeness (QED) is 0.207. The number of hydrogen-bond acceptors (Lipinski definition) is 11. The topological polar surface area (TPSA) is 150 Å². The molecule has 0 aromatic carbocycles. The lowest BCUT2D eigenvalue weighted by atomic mass is 9.51. The maximum atomic E-state index is 13.3. The van der Waals surface area contributed by atoms with Gasteiger partial charge in [-0.3, -0.25) is 4.79 Å². The third-order valence-corrected chi connectivity index (χ3v) is 10.5. The van der Waals surface area contributed by atoms with Crippen molar-refractivity contribution in [3.63, 3.8) is 0 Å². The number of rotatable bonds is 4. The van der Waals surface area contributed by atoms with Crippen molar-refractivity contribution in [2.24, 2.45) is 16.7 Å². The van der Waals surface area contributed by atoms with Gasteiger partial charge in [0, 0.05) is 31.9 Å². The molecule has 244 valence electrons. The van der Waals surface area contributed by atoms with Gasteiger partial charge in [0.2, 0.25) is 0 Å². The van der Waals surface area contributed by atoms with Crippen LogP contribution in [0.4, 0.5) is 0 Å². The Bertz CT molecular complexity index is 1200. The molecule has 0 aromatic heterocycles. The third kappa shape index (κ3) is 5.66. The van der Waals surface area contributed by atoms with Gasteiger partial charge < -0.3 is 38.6 Å². The fourth-order valence-corrected chi connectivity index (χ4v) is 7.59. The van der Waals surface area contributed by atoms with E-state index < -0.39 is 70.9 Å². The van der Waals surface area contributed by atoms with Crippen LogP contribution in [0.15, 0.2) is 36.0 Å². The molecule has 2 bridgehead atoms. The summed E-state index contributed by atoms with van der Waals surface area (Å²) >= 11 is 0. The first kappa shape index (κ1) is 32.8. The van der Waals surface area contributed by atoms with Gasteiger partial charge in [-0.05, 0) is 38.2 Å². The molecule has 44 heavy (non-hydrogen) atoms. The van der Waals surface area contributed by atoms with Crippen molar-refractivity contribution in [3.05, 3.63) is 36.0 Å². The molecule has 2 aliphatic carbocycles. The fourth-order valence-electron chi connectivity index (χ4n) is 7.59. The molecule has 2 saturated heterocycles. The summed E-state index contributed by atoms with van der Waals surface area (Å²) in [4.78, 5) is 39.2. The molecular formula is C33H46O11. The zero-order valence-corrected chi connectivity index (χ0v) is 26.2. The van der Waals surface area contributed by atoms with Gasteiger partial charge in [0.1, 0.15) is 30.5 Å². The van der Waals surface area contributed by atoms with Gasteiger partial charge in [0.15, 0.2) is 6.10 Å². The van der Waals surface area contributed by atoms with Crippen LogP contribution >= 0.6 is 0 Å². The molecule has 2 spiro atoms. The van der Waals surface area contributed by atoms with Crippen molar-refractivity contribution in [1.29, 1.82) is 0 Å². The first-order valence-corrected chi connectivity index (χ1v) is 15.8. The van der Waals surface area contributed by atoms with E-state index in [-0.39, 0.29) is 38.1 Å². The second-order valence-electron chi connectivity index (χ2n) is 13.2. The number of allylic oxidation sites excluding steroid dienone is 2. The highest BCUT2D eigenvalue weighted by atomic mass is 16.6. The SMILES string of the molecule is CCCC(=O)O[C@H]1C[C@@]23COC(=O)[C@@H](O)C(C)CCOC(C(C)O)/C=C/C=C\C(=O)O[C@@H]4C[C@@H](O[C@@H]2C=C1C)[C@@]1(CO1)[C@]43C. The van der Waals surface area contributed by atoms with Crippen LogP contribution in [0, 0.1) is 16.7 Å². The highest BCUT2D eigenvalue weighted by molar-refractivity contribution is 5.82. The van der Waals surface area contributed by atoms with Crippen LogP contribution in [0.3, 0.4) is 0 Å². The highest BCUT2D eigenvalue weighted by Gasteiger charge is 2.83. The number of hydrogen-bond donors (Lipinski definition) is 2. The summed E-state index contributed by atoms with van der Waals surface area (Å²) in [6.07, 6.45) is 4.81. The van der Waals surface area contributed by atoms with Crippen LogP contribution in [0.1, 0.15) is 66.7 Å². The molecule has 3 fully saturated rings. The Labute approximate surface area is 258 Å². The second kappa shape index (κ2) is 12.7. The Morgan fingerprint density at radius 3 is 2.64 bits per heavy atom. The predicted molar refractivity (Wildman–Crippen MR) is 156 cm³/mol. The Kier molecular flexibility index (Phi) is 9.45. The van der Waals surface area contributed by atoms with E-state index in [2.05, 4.69) is 0 Å². The largest absolute Gasteiger partial charge is 0.463 e. The van der Waals surface area contributed by atoms with E-state index in [1.165, 1.54) is 12.2 Å². The lowest BCUT2D eigenvalue weighted by Crippen LogP contribution is -2.68. The number of ether oxygens (including phenoxy) is 6. The standard InChI is InChI=1S/C33H46O11/c1-6-9-27(35)42-23-16-32-17-40-30(38)29(37)19(2)12-13-39-22(21(4)34)10-7-8-11-28(36)44-24-15-26(43-25(32)14-20(23)3)33(18-41-33)31(24,32)5/h7-8,10-11,14,19,21-26,29,34,37H,6,9,12-13,15-18H2,1-5H3/b10-7+,11-8-/t19?,21?,22?,23-,24+,25+,26+,29-,31+,32+,33-/m0/s1. The van der Waals surface area contributed by atoms with Crippen molar-refractivity contribution in [3.8, 4) is 0 Å². The average molecular weight is 619 g/mol. The van der Waals surface area contributed by atoms with Crippen molar-refractivity contribution in [2.45, 2.75) is 115 Å². The van der Waals surface area contributed by atoms with E-state index in [4.69, 9.17) is 28.4 Å². The van der Waals surface area contributed by atoms with Gasteiger partial charge in [0.25, 0.3) is 0 Å². The zero-order valence-electron chi connectivity index (χ0n) is 26.2. The summed E-state index contributed by atoms with van der Waals surface area (Å²) in [7, 11) is 0. The molecule has 1 saturated carbocycles. The first-order chi connectivity index (χ1) is 20.9. The Morgan fingerprint density at radius 2 is 1.95 bits per heavy atom. The Hall–Kier alpha value is -2.57. The van der Waals surface area contributed by atoms with Crippen LogP contribution in [0.5, 0.6) is 0 Å². The van der Waals surface area contributed by atoms with Crippen LogP contribution in [-0.2, 0) is 42.8 Å². The van der Waals surface area contributed by atoms with Gasteiger partial charge in [-0.2, -0.15) is 0 Å². The van der Waals surface area contributed by atoms with Crippen LogP contribution in [0.2, 0.25) is 0 Å². The number of esters is 3. The third-order valence-electron chi connectivity index (χ3n) is 10.5. The second-order valence-corrected chi connectivity index (χ2v) is 13.2. The summed E-state index contributed by atoms with van der Waals surface area (Å²) in [5, 5.41) is 21.1. The van der Waals surface area contributed by atoms with E-state index in [1.807, 2.05) is 26.8 Å². The summed E-state index contributed by atoms with van der Waals surface area (Å²) in [5.74, 6) is -2.19. The molecule has 11 heteroatoms. The molecule has 3 heterocycles. The Balaban J connectivity index is 1.54. The monoisotopic (exact) mass is 618 g/mol. The van der Waals surface area contributed by atoms with Crippen molar-refractivity contribution < 1.29 is 53.0 Å². The lowest BCUT2D eigenvalue weighted by Gasteiger charge is -2.59. The number of cyclic esters (lactones) is 1. The smallest absolute Gasteiger partial charge is 0.335 e. The van der Waals surface area contributed by atoms with Crippen LogP contribution in [0.25, 0.3) is 0 Å². The van der Waals surface area contributed by atoms with Crippen molar-refractivity contribution in [1.82, 2.24) is 0 Å². The van der Waals surface area contributed by atoms with E-state index in [1.54, 1.807) is 26.0 Å². The summed E-state index contributed by atoms with van der Waals surface area (Å²) in [6.45, 7) is 9.49. The summed E-state index contributed by atoms with van der Waals surface area (Å²) < 4.78 is 36.6. The molecule has 0 amide bonds. The number of carbonyl (C=O) groups excluding carboxylic acids is 3. The van der Waals surface area contributed by atoms with E-state index in [9.17, 15) is 24.6 Å². The molecule has 5 rings (SSSR count). The van der Waals surface area contributed by atoms with E-state index in [0.29, 0.717) is 25.9 Å². The highest BCUT2D eigenvalue weighted by Crippen LogP contribution is 2.72. The number of aliphatic hydroxyl groups excluding tert-OH is 2. The fraction of sp³-hybridized carbons (Fsp3) is 0.727. The summed E-state index contributed by atoms with van der Waals surface area (Å²) in [5.41, 5.74) is -1.86. The molecule has 5 aliphatic rings. The molecule has 11 nitrogen and oxygen atoms in total. The average Bonchev–Trinajstić information content (AvgIpc) is 3.75. The van der Waals surface area contributed by atoms with Crippen molar-refractivity contribution in [2.75, 3.05) is 19.8 Å². The normalized spacial score (nSPS) is 44.6. The molecule has 2 N–H and O–H groups in total. The summed E-state index contributed by atoms with van der Waals surface area (Å²) in [6, 6.07) is 0. The number of carbonyl (C=O) groups is 3. The van der Waals surface area contributed by atoms with Gasteiger partial charge in [0.05, 0.1) is 35.7 Å². The van der Waals surface area contributed by atoms with Crippen LogP contribution in [-0.4, -0.2) is 96.3 Å². The molecular weight excluding hydrogens is 572 g/mol. The molecule has 3 aliphatic heterocycles. The van der Waals surface area contributed by atoms with Gasteiger partial charge >= 0.3 is 17.9 Å². The minimum atomic E-state index is -1.43. The Morgan fingerprint density at radius 1 is 1.20 bits per heavy atom. The van der Waals surface area contributed by atoms with Gasteiger partial charge in [-0.25, -0.2) is 9.59 Å². The zero-order chi connectivity index (χ0) is 31.9. The maximum Gasteiger partial charge on any atom is 0.335 e. The van der Waals surface area contributed by atoms with Crippen LogP contribution < -0.4 is 0 Å². The minimum absolute atomic E-state index is 0.173. The van der Waals surface area contributed by atoms with Gasteiger partial charge in [-0.15, -0.1) is 0 Å². The maximum absolute atomic E-state index is 13.3. The molecule has 0 aromatic rings. The number of epoxide rings is 1. The minimum Gasteiger partial charge on any atom is -0.463 e. The molecule has 0 radical (unpaired) electrons. The van der Waals surface area contributed by atoms with Crippen molar-refractivity contribution >= 4 is 17.9 Å². The lowest BCUT2D eigenvalue weighted by molar-refractivity contribution is -0.242. The van der Waals surface area contributed by atoms with Gasteiger partial charge in [-0.1, -0.05) is 45.1 Å². The van der Waals surface area contributed by atoms with E-state index in [0.717, 1.165) is 5.57 Å². The predicted octanol–water partition coefficient (Wildman–Crippen LogP) is 2.72. The molecule has 11 atom stereocenters.